The van der Waals surface area contributed by atoms with Gasteiger partial charge in [-0.15, -0.1) is 0 Å². The molecule has 0 bridgehead atoms. The Morgan fingerprint density at radius 3 is 2.65 bits per heavy atom. The van der Waals surface area contributed by atoms with Crippen molar-refractivity contribution in [3.05, 3.63) is 75.7 Å². The van der Waals surface area contributed by atoms with Crippen molar-refractivity contribution in [2.45, 2.75) is 19.9 Å². The molecule has 3 heterocycles. The van der Waals surface area contributed by atoms with Gasteiger partial charge in [0.05, 0.1) is 41.1 Å². The van der Waals surface area contributed by atoms with E-state index in [1.807, 2.05) is 0 Å². The summed E-state index contributed by atoms with van der Waals surface area (Å²) in [5.41, 5.74) is 1.03. The minimum absolute atomic E-state index is 0.189. The fraction of sp³-hybridized carbons (Fsp3) is 0.261. The summed E-state index contributed by atoms with van der Waals surface area (Å²) in [5.74, 6) is 0.999. The predicted molar refractivity (Wildman–Crippen MR) is 134 cm³/mol. The quantitative estimate of drug-likeness (QED) is 0.392. The second kappa shape index (κ2) is 9.93. The van der Waals surface area contributed by atoms with E-state index in [0.29, 0.717) is 42.5 Å². The minimum Gasteiger partial charge on any atom is -0.497 e. The zero-order valence-electron chi connectivity index (χ0n) is 18.7. The number of carbonyl (C=O) groups excluding carboxylic acids is 1. The largest absolute Gasteiger partial charge is 0.497 e. The Labute approximate surface area is 215 Å². The number of thiazole rings is 1. The van der Waals surface area contributed by atoms with Crippen LogP contribution in [0.3, 0.4) is 0 Å². The number of halogens is 2. The van der Waals surface area contributed by atoms with Crippen LogP contribution in [0.1, 0.15) is 31.2 Å². The highest BCUT2D eigenvalue weighted by molar-refractivity contribution is 9.13. The fourth-order valence-electron chi connectivity index (χ4n) is 3.69. The van der Waals surface area contributed by atoms with Gasteiger partial charge in [0, 0.05) is 17.7 Å². The molecule has 0 spiro atoms. The van der Waals surface area contributed by atoms with Crippen molar-refractivity contribution in [3.63, 3.8) is 0 Å². The Morgan fingerprint density at radius 2 is 2.03 bits per heavy atom. The Hall–Kier alpha value is -2.63. The zero-order chi connectivity index (χ0) is 24.6. The third kappa shape index (κ3) is 4.39. The molecule has 0 aliphatic carbocycles. The molecule has 1 atom stereocenters. The third-order valence-electron chi connectivity index (χ3n) is 5.19. The average Bonchev–Trinajstić information content (AvgIpc) is 3.29. The van der Waals surface area contributed by atoms with Crippen LogP contribution in [0, 0.1) is 0 Å². The zero-order valence-corrected chi connectivity index (χ0v) is 22.7. The highest BCUT2D eigenvalue weighted by atomic mass is 79.9. The molecule has 0 saturated heterocycles. The van der Waals surface area contributed by atoms with Crippen LogP contribution in [0.15, 0.2) is 58.9 Å². The van der Waals surface area contributed by atoms with E-state index in [1.54, 1.807) is 51.3 Å². The van der Waals surface area contributed by atoms with Gasteiger partial charge in [-0.3, -0.25) is 9.36 Å². The molecule has 3 aromatic rings. The van der Waals surface area contributed by atoms with E-state index in [-0.39, 0.29) is 17.7 Å². The number of hydrogen-bond donors (Lipinski definition) is 0. The van der Waals surface area contributed by atoms with Crippen LogP contribution >= 0.6 is 43.2 Å². The van der Waals surface area contributed by atoms with E-state index < -0.39 is 12.0 Å². The van der Waals surface area contributed by atoms with E-state index in [9.17, 15) is 9.59 Å². The second-order valence-electron chi connectivity index (χ2n) is 7.18. The number of methoxy groups -OCH3 is 2. The summed E-state index contributed by atoms with van der Waals surface area (Å²) >= 11 is 7.89. The molecule has 0 radical (unpaired) electrons. The first-order valence-electron chi connectivity index (χ1n) is 10.2. The molecule has 178 valence electrons. The molecule has 4 rings (SSSR count). The van der Waals surface area contributed by atoms with E-state index in [2.05, 4.69) is 36.9 Å². The van der Waals surface area contributed by atoms with Crippen LogP contribution < -0.4 is 24.4 Å². The number of furan rings is 1. The van der Waals surface area contributed by atoms with Crippen LogP contribution in [-0.2, 0) is 9.53 Å². The molecular formula is C23H20Br2N2O6S. The van der Waals surface area contributed by atoms with Crippen molar-refractivity contribution in [1.29, 1.82) is 0 Å². The van der Waals surface area contributed by atoms with Crippen molar-refractivity contribution in [3.8, 4) is 11.5 Å². The van der Waals surface area contributed by atoms with E-state index in [1.165, 1.54) is 23.0 Å². The summed E-state index contributed by atoms with van der Waals surface area (Å²) in [7, 11) is 3.08. The Kier molecular flexibility index (Phi) is 7.15. The lowest BCUT2D eigenvalue weighted by Crippen LogP contribution is -2.40. The first kappa shape index (κ1) is 24.5. The maximum absolute atomic E-state index is 13.6. The summed E-state index contributed by atoms with van der Waals surface area (Å²) < 4.78 is 25.0. The molecular weight excluding hydrogens is 592 g/mol. The number of aromatic nitrogens is 1. The Bertz CT molecular complexity index is 1460. The van der Waals surface area contributed by atoms with Gasteiger partial charge in [-0.1, -0.05) is 11.3 Å². The lowest BCUT2D eigenvalue weighted by atomic mass is 9.95. The first-order chi connectivity index (χ1) is 16.3. The normalized spacial score (nSPS) is 15.7. The second-order valence-corrected chi connectivity index (χ2v) is 9.76. The standard InChI is InChI=1S/C23H20Br2N2O6S/c1-5-32-22(29)18-11(2)26-23-27(19(18)14-7-6-12(30-3)9-16(14)31-4)21(28)17(34-23)10-13-8-15(24)20(25)33-13/h6-10,19H,5H2,1-4H3/b17-10+/t19-/m1/s1. The minimum atomic E-state index is -0.798. The van der Waals surface area contributed by atoms with Crippen LogP contribution in [0.25, 0.3) is 6.08 Å². The van der Waals surface area contributed by atoms with Crippen molar-refractivity contribution >= 4 is 55.2 Å². The fourth-order valence-corrected chi connectivity index (χ4v) is 5.33. The molecule has 0 N–H and O–H groups in total. The monoisotopic (exact) mass is 610 g/mol. The average molecular weight is 612 g/mol. The van der Waals surface area contributed by atoms with Gasteiger partial charge in [0.2, 0.25) is 0 Å². The lowest BCUT2D eigenvalue weighted by Gasteiger charge is -2.26. The van der Waals surface area contributed by atoms with Crippen molar-refractivity contribution in [1.82, 2.24) is 4.57 Å². The van der Waals surface area contributed by atoms with Gasteiger partial charge < -0.3 is 18.6 Å². The summed E-state index contributed by atoms with van der Waals surface area (Å²) in [6, 6.07) is 6.19. The summed E-state index contributed by atoms with van der Waals surface area (Å²) in [6.45, 7) is 3.65. The number of ether oxygens (including phenoxy) is 3. The molecule has 1 aromatic carbocycles. The van der Waals surface area contributed by atoms with Crippen molar-refractivity contribution < 1.29 is 23.4 Å². The summed E-state index contributed by atoms with van der Waals surface area (Å²) in [5, 5.41) is 0. The molecule has 8 nitrogen and oxygen atoms in total. The van der Waals surface area contributed by atoms with Crippen molar-refractivity contribution in [2.24, 2.45) is 4.99 Å². The maximum atomic E-state index is 13.6. The SMILES string of the molecule is CCOC(=O)C1=C(C)N=c2s/c(=C/c3cc(Br)c(Br)o3)c(=O)n2[C@@H]1c1ccc(OC)cc1OC. The lowest BCUT2D eigenvalue weighted by molar-refractivity contribution is -0.139. The third-order valence-corrected chi connectivity index (χ3v) is 7.88. The molecule has 1 aliphatic heterocycles. The number of carbonyl (C=O) groups is 1. The number of benzene rings is 1. The number of allylic oxidation sites excluding steroid dienone is 1. The molecule has 2 aromatic heterocycles. The number of rotatable bonds is 6. The van der Waals surface area contributed by atoms with Gasteiger partial charge in [-0.25, -0.2) is 9.79 Å². The highest BCUT2D eigenvalue weighted by Gasteiger charge is 2.35. The van der Waals surface area contributed by atoms with Gasteiger partial charge in [-0.2, -0.15) is 0 Å². The molecule has 1 aliphatic rings. The summed E-state index contributed by atoms with van der Waals surface area (Å²) in [4.78, 5) is 31.7. The van der Waals surface area contributed by atoms with E-state index in [4.69, 9.17) is 18.6 Å². The van der Waals surface area contributed by atoms with Gasteiger partial charge >= 0.3 is 5.97 Å². The predicted octanol–water partition coefficient (Wildman–Crippen LogP) is 3.93. The van der Waals surface area contributed by atoms with E-state index >= 15 is 0 Å². The smallest absolute Gasteiger partial charge is 0.338 e. The van der Waals surface area contributed by atoms with Gasteiger partial charge in [-0.05, 0) is 63.9 Å². The molecule has 11 heteroatoms. The molecule has 34 heavy (non-hydrogen) atoms. The van der Waals surface area contributed by atoms with Crippen LogP contribution in [0.2, 0.25) is 0 Å². The van der Waals surface area contributed by atoms with Crippen LogP contribution in [0.5, 0.6) is 11.5 Å². The molecule has 0 saturated carbocycles. The highest BCUT2D eigenvalue weighted by Crippen LogP contribution is 2.37. The number of esters is 1. The maximum Gasteiger partial charge on any atom is 0.338 e. The number of fused-ring (bicyclic) bond motifs is 1. The van der Waals surface area contributed by atoms with Gasteiger partial charge in [0.1, 0.15) is 23.3 Å². The number of nitrogens with zero attached hydrogens (tertiary/aromatic N) is 2. The molecule has 0 amide bonds. The van der Waals surface area contributed by atoms with Gasteiger partial charge in [0.15, 0.2) is 9.47 Å². The number of hydrogen-bond acceptors (Lipinski definition) is 8. The van der Waals surface area contributed by atoms with E-state index in [0.717, 1.165) is 4.47 Å². The molecule has 0 unspecified atom stereocenters. The topological polar surface area (TPSA) is 92.3 Å². The van der Waals surface area contributed by atoms with Crippen LogP contribution in [0.4, 0.5) is 0 Å². The summed E-state index contributed by atoms with van der Waals surface area (Å²) in [6.07, 6.45) is 1.64. The first-order valence-corrected chi connectivity index (χ1v) is 12.6. The van der Waals surface area contributed by atoms with Gasteiger partial charge in [0.25, 0.3) is 5.56 Å². The molecule has 0 fully saturated rings. The Balaban J connectivity index is 2.00. The van der Waals surface area contributed by atoms with Crippen LogP contribution in [-0.4, -0.2) is 31.4 Å². The Morgan fingerprint density at radius 1 is 1.26 bits per heavy atom. The van der Waals surface area contributed by atoms with Crippen molar-refractivity contribution in [2.75, 3.05) is 20.8 Å².